The third-order valence-corrected chi connectivity index (χ3v) is 2.31. The van der Waals surface area contributed by atoms with Crippen molar-refractivity contribution < 1.29 is 0 Å². The van der Waals surface area contributed by atoms with Gasteiger partial charge in [0.15, 0.2) is 0 Å². The average molecular weight is 189 g/mol. The van der Waals surface area contributed by atoms with Gasteiger partial charge in [-0.25, -0.2) is 0 Å². The van der Waals surface area contributed by atoms with Crippen LogP contribution in [0.5, 0.6) is 0 Å². The first-order valence-electron chi connectivity index (χ1n) is 5.02. The third-order valence-electron chi connectivity index (χ3n) is 2.31. The SMILES string of the molecule is C=C(C)/C1=C/NC/C=C(C)\C=C(\C)C1. The van der Waals surface area contributed by atoms with Crippen molar-refractivity contribution in [1.29, 1.82) is 0 Å². The highest BCUT2D eigenvalue weighted by Crippen LogP contribution is 2.18. The van der Waals surface area contributed by atoms with E-state index in [4.69, 9.17) is 0 Å². The number of hydrogen-bond donors (Lipinski definition) is 1. The lowest BCUT2D eigenvalue weighted by atomic mass is 10.0. The molecule has 1 heteroatoms. The molecule has 0 aromatic rings. The van der Waals surface area contributed by atoms with Crippen molar-refractivity contribution >= 4 is 0 Å². The van der Waals surface area contributed by atoms with Crippen LogP contribution in [0.4, 0.5) is 0 Å². The van der Waals surface area contributed by atoms with Gasteiger partial charge in [0.05, 0.1) is 0 Å². The zero-order valence-corrected chi connectivity index (χ0v) is 9.35. The summed E-state index contributed by atoms with van der Waals surface area (Å²) in [6.45, 7) is 11.2. The van der Waals surface area contributed by atoms with Gasteiger partial charge in [0.1, 0.15) is 0 Å². The fraction of sp³-hybridized carbons (Fsp3) is 0.385. The van der Waals surface area contributed by atoms with Gasteiger partial charge in [-0.2, -0.15) is 0 Å². The van der Waals surface area contributed by atoms with Crippen LogP contribution >= 0.6 is 0 Å². The first-order valence-corrected chi connectivity index (χ1v) is 5.02. The van der Waals surface area contributed by atoms with Crippen LogP contribution in [0.1, 0.15) is 27.2 Å². The van der Waals surface area contributed by atoms with Gasteiger partial charge in [-0.15, -0.1) is 0 Å². The molecule has 0 aliphatic carbocycles. The molecule has 1 heterocycles. The van der Waals surface area contributed by atoms with Crippen molar-refractivity contribution in [2.24, 2.45) is 0 Å². The molecule has 0 atom stereocenters. The molecule has 0 unspecified atom stereocenters. The Morgan fingerprint density at radius 1 is 1.43 bits per heavy atom. The summed E-state index contributed by atoms with van der Waals surface area (Å²) in [5.41, 5.74) is 5.15. The topological polar surface area (TPSA) is 12.0 Å². The lowest BCUT2D eigenvalue weighted by Crippen LogP contribution is -2.06. The third kappa shape index (κ3) is 3.25. The van der Waals surface area contributed by atoms with Crippen molar-refractivity contribution in [2.75, 3.05) is 6.54 Å². The van der Waals surface area contributed by atoms with E-state index in [0.29, 0.717) is 0 Å². The van der Waals surface area contributed by atoms with E-state index in [2.05, 4.69) is 51.0 Å². The van der Waals surface area contributed by atoms with Gasteiger partial charge in [-0.05, 0) is 32.8 Å². The molecule has 1 aliphatic heterocycles. The van der Waals surface area contributed by atoms with Crippen molar-refractivity contribution in [3.63, 3.8) is 0 Å². The molecule has 0 saturated carbocycles. The molecular weight excluding hydrogens is 170 g/mol. The van der Waals surface area contributed by atoms with Crippen LogP contribution in [0.3, 0.4) is 0 Å². The molecule has 14 heavy (non-hydrogen) atoms. The molecule has 0 aromatic heterocycles. The van der Waals surface area contributed by atoms with Crippen LogP contribution in [0.15, 0.2) is 47.2 Å². The quantitative estimate of drug-likeness (QED) is 0.667. The van der Waals surface area contributed by atoms with Gasteiger partial charge < -0.3 is 5.32 Å². The standard InChI is InChI=1S/C13H19N/c1-10(2)13-8-12(4)7-11(3)5-6-14-9-13/h5,7,9,14H,1,6,8H2,2-4H3/b11-5-,12-7-,13-9+. The van der Waals surface area contributed by atoms with Crippen LogP contribution < -0.4 is 5.32 Å². The summed E-state index contributed by atoms with van der Waals surface area (Å²) >= 11 is 0. The maximum absolute atomic E-state index is 3.98. The Morgan fingerprint density at radius 3 is 2.79 bits per heavy atom. The van der Waals surface area contributed by atoms with Crippen LogP contribution in [0.25, 0.3) is 0 Å². The number of allylic oxidation sites excluding steroid dienone is 5. The highest BCUT2D eigenvalue weighted by Gasteiger charge is 2.01. The molecule has 1 N–H and O–H groups in total. The van der Waals surface area contributed by atoms with E-state index < -0.39 is 0 Å². The molecule has 1 aliphatic rings. The monoisotopic (exact) mass is 189 g/mol. The zero-order valence-electron chi connectivity index (χ0n) is 9.35. The number of hydrogen-bond acceptors (Lipinski definition) is 1. The van der Waals surface area contributed by atoms with E-state index in [0.717, 1.165) is 18.5 Å². The minimum Gasteiger partial charge on any atom is -0.387 e. The molecule has 0 saturated heterocycles. The molecule has 0 amide bonds. The summed E-state index contributed by atoms with van der Waals surface area (Å²) in [5.74, 6) is 0. The Kier molecular flexibility index (Phi) is 3.75. The van der Waals surface area contributed by atoms with Gasteiger partial charge >= 0.3 is 0 Å². The Hall–Kier alpha value is -1.24. The summed E-state index contributed by atoms with van der Waals surface area (Å²) in [5, 5.41) is 3.28. The van der Waals surface area contributed by atoms with Gasteiger partial charge in [-0.1, -0.05) is 35.5 Å². The molecule has 0 fully saturated rings. The van der Waals surface area contributed by atoms with E-state index in [1.807, 2.05) is 0 Å². The maximum atomic E-state index is 3.98. The largest absolute Gasteiger partial charge is 0.387 e. The van der Waals surface area contributed by atoms with E-state index >= 15 is 0 Å². The molecule has 76 valence electrons. The molecular formula is C13H19N. The zero-order chi connectivity index (χ0) is 10.6. The lowest BCUT2D eigenvalue weighted by Gasteiger charge is -2.07. The van der Waals surface area contributed by atoms with Gasteiger partial charge in [0, 0.05) is 12.7 Å². The second-order valence-electron chi connectivity index (χ2n) is 3.97. The van der Waals surface area contributed by atoms with E-state index in [1.165, 1.54) is 16.7 Å². The van der Waals surface area contributed by atoms with Crippen LogP contribution in [-0.4, -0.2) is 6.54 Å². The molecule has 0 radical (unpaired) electrons. The first-order chi connectivity index (χ1) is 6.59. The average Bonchev–Trinajstić information content (AvgIpc) is 2.15. The Morgan fingerprint density at radius 2 is 2.14 bits per heavy atom. The fourth-order valence-corrected chi connectivity index (χ4v) is 1.53. The van der Waals surface area contributed by atoms with E-state index in [-0.39, 0.29) is 0 Å². The van der Waals surface area contributed by atoms with Crippen molar-refractivity contribution in [3.05, 3.63) is 47.2 Å². The molecule has 1 nitrogen and oxygen atoms in total. The van der Waals surface area contributed by atoms with Gasteiger partial charge in [0.25, 0.3) is 0 Å². The van der Waals surface area contributed by atoms with Gasteiger partial charge in [0.2, 0.25) is 0 Å². The van der Waals surface area contributed by atoms with Gasteiger partial charge in [-0.3, -0.25) is 0 Å². The van der Waals surface area contributed by atoms with E-state index in [1.54, 1.807) is 0 Å². The summed E-state index contributed by atoms with van der Waals surface area (Å²) in [4.78, 5) is 0. The predicted molar refractivity (Wildman–Crippen MR) is 63.0 cm³/mol. The normalized spacial score (nSPS) is 28.9. The summed E-state index contributed by atoms with van der Waals surface area (Å²) in [7, 11) is 0. The second-order valence-corrected chi connectivity index (χ2v) is 3.97. The number of rotatable bonds is 1. The van der Waals surface area contributed by atoms with Crippen molar-refractivity contribution in [2.45, 2.75) is 27.2 Å². The van der Waals surface area contributed by atoms with Crippen LogP contribution in [-0.2, 0) is 0 Å². The number of nitrogens with one attached hydrogen (secondary N) is 1. The van der Waals surface area contributed by atoms with Crippen molar-refractivity contribution in [3.8, 4) is 0 Å². The fourth-order valence-electron chi connectivity index (χ4n) is 1.53. The predicted octanol–water partition coefficient (Wildman–Crippen LogP) is 3.33. The van der Waals surface area contributed by atoms with Crippen LogP contribution in [0, 0.1) is 0 Å². The van der Waals surface area contributed by atoms with Crippen LogP contribution in [0.2, 0.25) is 0 Å². The Labute approximate surface area is 86.9 Å². The molecule has 0 aromatic carbocycles. The molecule has 1 rings (SSSR count). The summed E-state index contributed by atoms with van der Waals surface area (Å²) < 4.78 is 0. The lowest BCUT2D eigenvalue weighted by molar-refractivity contribution is 0.955. The second kappa shape index (κ2) is 4.85. The smallest absolute Gasteiger partial charge is 0.0330 e. The highest BCUT2D eigenvalue weighted by atomic mass is 14.8. The van der Waals surface area contributed by atoms with Crippen molar-refractivity contribution in [1.82, 2.24) is 5.32 Å². The maximum Gasteiger partial charge on any atom is 0.0330 e. The van der Waals surface area contributed by atoms with E-state index in [9.17, 15) is 0 Å². The molecule has 0 spiro atoms. The Balaban J connectivity index is 2.88. The minimum absolute atomic E-state index is 0.895. The highest BCUT2D eigenvalue weighted by molar-refractivity contribution is 5.33. The Bertz CT molecular complexity index is 316. The first kappa shape index (κ1) is 10.8. The molecule has 0 bridgehead atoms. The minimum atomic E-state index is 0.895. The summed E-state index contributed by atoms with van der Waals surface area (Å²) in [6, 6.07) is 0. The summed E-state index contributed by atoms with van der Waals surface area (Å²) in [6.07, 6.45) is 7.51.